The predicted octanol–water partition coefficient (Wildman–Crippen LogP) is 3.15. The van der Waals surface area contributed by atoms with Crippen molar-refractivity contribution in [1.29, 1.82) is 0 Å². The van der Waals surface area contributed by atoms with E-state index in [2.05, 4.69) is 49.6 Å². The quantitative estimate of drug-likeness (QED) is 0.931. The van der Waals surface area contributed by atoms with E-state index in [0.29, 0.717) is 0 Å². The maximum atomic E-state index is 6.21. The number of nitrogens with two attached hydrogens (primary N) is 1. The van der Waals surface area contributed by atoms with Crippen LogP contribution in [0.15, 0.2) is 18.2 Å². The monoisotopic (exact) mass is 309 g/mol. The summed E-state index contributed by atoms with van der Waals surface area (Å²) in [6, 6.07) is 6.35. The maximum Gasteiger partial charge on any atom is 0.0426 e. The SMILES string of the molecule is CC(N)Cc1ccc(Cl)cc1N1CCN(C(C)(C)C)CC1. The molecule has 0 spiro atoms. The highest BCUT2D eigenvalue weighted by atomic mass is 35.5. The van der Waals surface area contributed by atoms with Crippen molar-refractivity contribution < 1.29 is 0 Å². The Kier molecular flexibility index (Phi) is 5.18. The minimum atomic E-state index is 0.167. The van der Waals surface area contributed by atoms with Crippen LogP contribution in [0.1, 0.15) is 33.3 Å². The molecule has 1 aliphatic heterocycles. The van der Waals surface area contributed by atoms with Crippen LogP contribution >= 0.6 is 11.6 Å². The lowest BCUT2D eigenvalue weighted by atomic mass is 10.0. The molecule has 3 nitrogen and oxygen atoms in total. The molecule has 0 aromatic heterocycles. The zero-order chi connectivity index (χ0) is 15.6. The Bertz CT molecular complexity index is 471. The van der Waals surface area contributed by atoms with Crippen LogP contribution in [0.4, 0.5) is 5.69 Å². The molecule has 21 heavy (non-hydrogen) atoms. The number of benzene rings is 1. The molecule has 1 aromatic carbocycles. The lowest BCUT2D eigenvalue weighted by Gasteiger charge is -2.43. The fourth-order valence-electron chi connectivity index (χ4n) is 2.97. The van der Waals surface area contributed by atoms with Crippen molar-refractivity contribution in [2.45, 2.75) is 45.7 Å². The molecule has 1 saturated heterocycles. The largest absolute Gasteiger partial charge is 0.369 e. The summed E-state index contributed by atoms with van der Waals surface area (Å²) in [5.41, 5.74) is 8.79. The van der Waals surface area contributed by atoms with E-state index in [1.54, 1.807) is 0 Å². The van der Waals surface area contributed by atoms with Crippen LogP contribution in [0, 0.1) is 0 Å². The molecule has 0 radical (unpaired) electrons. The molecule has 0 saturated carbocycles. The third-order valence-electron chi connectivity index (χ3n) is 4.16. The summed E-state index contributed by atoms with van der Waals surface area (Å²) >= 11 is 6.21. The van der Waals surface area contributed by atoms with Crippen molar-refractivity contribution in [2.75, 3.05) is 31.1 Å². The lowest BCUT2D eigenvalue weighted by molar-refractivity contribution is 0.128. The lowest BCUT2D eigenvalue weighted by Crippen LogP contribution is -2.53. The smallest absolute Gasteiger partial charge is 0.0426 e. The molecule has 1 heterocycles. The fourth-order valence-corrected chi connectivity index (χ4v) is 3.14. The van der Waals surface area contributed by atoms with Crippen LogP contribution in [0.3, 0.4) is 0 Å². The van der Waals surface area contributed by atoms with Gasteiger partial charge in [0, 0.05) is 48.5 Å². The Morgan fingerprint density at radius 2 is 1.81 bits per heavy atom. The van der Waals surface area contributed by atoms with E-state index in [-0.39, 0.29) is 11.6 Å². The molecule has 1 fully saturated rings. The molecule has 1 aliphatic rings. The highest BCUT2D eigenvalue weighted by Gasteiger charge is 2.26. The van der Waals surface area contributed by atoms with E-state index in [9.17, 15) is 0 Å². The average molecular weight is 310 g/mol. The number of piperazine rings is 1. The van der Waals surface area contributed by atoms with Gasteiger partial charge in [-0.3, -0.25) is 4.90 Å². The summed E-state index contributed by atoms with van der Waals surface area (Å²) in [5, 5.41) is 0.802. The standard InChI is InChI=1S/C17H28ClN3/c1-13(19)11-14-5-6-15(18)12-16(14)20-7-9-21(10-8-20)17(2,3)4/h5-6,12-13H,7-11,19H2,1-4H3. The van der Waals surface area contributed by atoms with Gasteiger partial charge in [0.2, 0.25) is 0 Å². The van der Waals surface area contributed by atoms with Gasteiger partial charge in [0.15, 0.2) is 0 Å². The molecule has 2 N–H and O–H groups in total. The molecule has 1 atom stereocenters. The van der Waals surface area contributed by atoms with Gasteiger partial charge in [0.1, 0.15) is 0 Å². The predicted molar refractivity (Wildman–Crippen MR) is 92.3 cm³/mol. The Morgan fingerprint density at radius 1 is 1.19 bits per heavy atom. The van der Waals surface area contributed by atoms with Gasteiger partial charge in [-0.2, -0.15) is 0 Å². The molecule has 1 unspecified atom stereocenters. The van der Waals surface area contributed by atoms with Crippen molar-refractivity contribution in [3.8, 4) is 0 Å². The summed E-state index contributed by atoms with van der Waals surface area (Å²) < 4.78 is 0. The Morgan fingerprint density at radius 3 is 2.33 bits per heavy atom. The van der Waals surface area contributed by atoms with E-state index in [0.717, 1.165) is 37.6 Å². The number of hydrogen-bond donors (Lipinski definition) is 1. The van der Waals surface area contributed by atoms with Gasteiger partial charge in [0.05, 0.1) is 0 Å². The zero-order valence-corrected chi connectivity index (χ0v) is 14.5. The molecule has 118 valence electrons. The van der Waals surface area contributed by atoms with Crippen molar-refractivity contribution in [3.63, 3.8) is 0 Å². The van der Waals surface area contributed by atoms with E-state index in [1.165, 1.54) is 11.3 Å². The second-order valence-corrected chi connectivity index (χ2v) is 7.54. The van der Waals surface area contributed by atoms with E-state index in [4.69, 9.17) is 17.3 Å². The molecule has 0 bridgehead atoms. The van der Waals surface area contributed by atoms with Crippen LogP contribution in [0.25, 0.3) is 0 Å². The van der Waals surface area contributed by atoms with Crippen molar-refractivity contribution >= 4 is 17.3 Å². The Labute approximate surface area is 134 Å². The molecule has 0 aliphatic carbocycles. The van der Waals surface area contributed by atoms with Crippen LogP contribution in [-0.4, -0.2) is 42.7 Å². The molecular weight excluding hydrogens is 282 g/mol. The second-order valence-electron chi connectivity index (χ2n) is 7.10. The minimum absolute atomic E-state index is 0.167. The normalized spacial score (nSPS) is 18.9. The summed E-state index contributed by atoms with van der Waals surface area (Å²) in [4.78, 5) is 4.99. The topological polar surface area (TPSA) is 32.5 Å². The summed E-state index contributed by atoms with van der Waals surface area (Å²) in [6.45, 7) is 13.2. The fraction of sp³-hybridized carbons (Fsp3) is 0.647. The van der Waals surface area contributed by atoms with Gasteiger partial charge in [-0.1, -0.05) is 17.7 Å². The average Bonchev–Trinajstić information content (AvgIpc) is 2.39. The van der Waals surface area contributed by atoms with Gasteiger partial charge in [-0.05, 0) is 51.8 Å². The highest BCUT2D eigenvalue weighted by molar-refractivity contribution is 6.30. The number of nitrogens with zero attached hydrogens (tertiary/aromatic N) is 2. The maximum absolute atomic E-state index is 6.21. The van der Waals surface area contributed by atoms with Gasteiger partial charge in [0.25, 0.3) is 0 Å². The van der Waals surface area contributed by atoms with Crippen LogP contribution in [-0.2, 0) is 6.42 Å². The number of halogens is 1. The van der Waals surface area contributed by atoms with Gasteiger partial charge >= 0.3 is 0 Å². The number of rotatable bonds is 3. The number of anilines is 1. The molecule has 0 amide bonds. The molecule has 1 aromatic rings. The number of hydrogen-bond acceptors (Lipinski definition) is 3. The third kappa shape index (κ3) is 4.35. The van der Waals surface area contributed by atoms with Gasteiger partial charge in [-0.15, -0.1) is 0 Å². The molecule has 2 rings (SSSR count). The Hall–Kier alpha value is -0.770. The summed E-state index contributed by atoms with van der Waals surface area (Å²) in [7, 11) is 0. The minimum Gasteiger partial charge on any atom is -0.369 e. The summed E-state index contributed by atoms with van der Waals surface area (Å²) in [6.07, 6.45) is 0.895. The van der Waals surface area contributed by atoms with Crippen molar-refractivity contribution in [2.24, 2.45) is 5.73 Å². The summed E-state index contributed by atoms with van der Waals surface area (Å²) in [5.74, 6) is 0. The second kappa shape index (κ2) is 6.55. The van der Waals surface area contributed by atoms with E-state index < -0.39 is 0 Å². The Balaban J connectivity index is 2.14. The zero-order valence-electron chi connectivity index (χ0n) is 13.7. The molecular formula is C17H28ClN3. The van der Waals surface area contributed by atoms with Crippen LogP contribution in [0.5, 0.6) is 0 Å². The van der Waals surface area contributed by atoms with Crippen molar-refractivity contribution in [3.05, 3.63) is 28.8 Å². The van der Waals surface area contributed by atoms with Gasteiger partial charge in [-0.25, -0.2) is 0 Å². The van der Waals surface area contributed by atoms with Crippen LogP contribution in [0.2, 0.25) is 5.02 Å². The van der Waals surface area contributed by atoms with E-state index >= 15 is 0 Å². The third-order valence-corrected chi connectivity index (χ3v) is 4.39. The molecule has 4 heteroatoms. The van der Waals surface area contributed by atoms with Gasteiger partial charge < -0.3 is 10.6 Å². The first kappa shape index (κ1) is 16.6. The van der Waals surface area contributed by atoms with Crippen LogP contribution < -0.4 is 10.6 Å². The van der Waals surface area contributed by atoms with E-state index in [1.807, 2.05) is 6.07 Å². The first-order chi connectivity index (χ1) is 9.77. The first-order valence-corrected chi connectivity index (χ1v) is 8.19. The highest BCUT2D eigenvalue weighted by Crippen LogP contribution is 2.28. The van der Waals surface area contributed by atoms with Crippen molar-refractivity contribution in [1.82, 2.24) is 4.90 Å². The first-order valence-electron chi connectivity index (χ1n) is 7.81.